The topological polar surface area (TPSA) is 22.2 Å². The van der Waals surface area contributed by atoms with Crippen molar-refractivity contribution in [2.45, 2.75) is 13.8 Å². The lowest BCUT2D eigenvalue weighted by Gasteiger charge is -2.14. The van der Waals surface area contributed by atoms with Crippen LogP contribution in [0.2, 0.25) is 0 Å². The van der Waals surface area contributed by atoms with E-state index in [0.29, 0.717) is 5.69 Å². The third-order valence-corrected chi connectivity index (χ3v) is 3.59. The van der Waals surface area contributed by atoms with Crippen LogP contribution in [0.1, 0.15) is 11.1 Å². The summed E-state index contributed by atoms with van der Waals surface area (Å²) in [6, 6.07) is 10.0. The van der Waals surface area contributed by atoms with Gasteiger partial charge in [0.2, 0.25) is 0 Å². The second-order valence-corrected chi connectivity index (χ2v) is 5.17. The minimum Gasteiger partial charge on any atom is -0.299 e. The third-order valence-electron chi connectivity index (χ3n) is 3.59. The lowest BCUT2D eigenvalue weighted by Crippen LogP contribution is -2.01. The highest BCUT2D eigenvalue weighted by atomic mass is 19.1. The van der Waals surface area contributed by atoms with Crippen molar-refractivity contribution in [2.24, 2.45) is 0 Å². The molecule has 1 heterocycles. The summed E-state index contributed by atoms with van der Waals surface area (Å²) in [6.07, 6.45) is 3.60. The van der Waals surface area contributed by atoms with E-state index in [1.54, 1.807) is 18.3 Å². The number of halogens is 1. The van der Waals surface area contributed by atoms with Crippen LogP contribution in [0.3, 0.4) is 0 Å². The fourth-order valence-electron chi connectivity index (χ4n) is 2.67. The molecule has 0 aliphatic rings. The van der Waals surface area contributed by atoms with Gasteiger partial charge in [-0.1, -0.05) is 12.1 Å². The molecule has 0 amide bonds. The van der Waals surface area contributed by atoms with Crippen molar-refractivity contribution < 1.29 is 4.39 Å². The first kappa shape index (κ1) is 14.0. The maximum Gasteiger partial charge on any atom is 0.187 e. The fourth-order valence-corrected chi connectivity index (χ4v) is 2.67. The fraction of sp³-hybridized carbons (Fsp3) is 0.111. The third kappa shape index (κ3) is 2.38. The van der Waals surface area contributed by atoms with Gasteiger partial charge in [-0.25, -0.2) is 14.2 Å². The van der Waals surface area contributed by atoms with Crippen LogP contribution < -0.4 is 0 Å². The first-order valence-corrected chi connectivity index (χ1v) is 6.88. The van der Waals surface area contributed by atoms with Crippen molar-refractivity contribution in [1.29, 1.82) is 0 Å². The summed E-state index contributed by atoms with van der Waals surface area (Å²) in [5, 5.41) is 0. The van der Waals surface area contributed by atoms with Crippen LogP contribution in [-0.4, -0.2) is 9.55 Å². The Morgan fingerprint density at radius 3 is 2.32 bits per heavy atom. The molecule has 0 radical (unpaired) electrons. The van der Waals surface area contributed by atoms with Crippen molar-refractivity contribution in [3.63, 3.8) is 0 Å². The van der Waals surface area contributed by atoms with E-state index >= 15 is 0 Å². The number of hydrogen-bond donors (Lipinski definition) is 0. The Balaban J connectivity index is 2.18. The van der Waals surface area contributed by atoms with Gasteiger partial charge in [-0.05, 0) is 49.2 Å². The zero-order valence-corrected chi connectivity index (χ0v) is 12.3. The Hall–Kier alpha value is -2.93. The van der Waals surface area contributed by atoms with Crippen LogP contribution in [-0.2, 0) is 0 Å². The van der Waals surface area contributed by atoms with Gasteiger partial charge in [-0.2, -0.15) is 0 Å². The number of imidazole rings is 1. The summed E-state index contributed by atoms with van der Waals surface area (Å²) in [5.41, 5.74) is 4.49. The molecule has 4 heteroatoms. The molecule has 0 saturated carbocycles. The van der Waals surface area contributed by atoms with Gasteiger partial charge in [-0.15, -0.1) is 0 Å². The highest BCUT2D eigenvalue weighted by Gasteiger charge is 2.12. The van der Waals surface area contributed by atoms with Gasteiger partial charge in [0.15, 0.2) is 5.69 Å². The predicted octanol–water partition coefficient (Wildman–Crippen LogP) is 4.85. The molecule has 0 saturated heterocycles. The maximum atomic E-state index is 13.1. The molecule has 0 aliphatic carbocycles. The second kappa shape index (κ2) is 5.45. The zero-order valence-electron chi connectivity index (χ0n) is 12.3. The second-order valence-electron chi connectivity index (χ2n) is 5.17. The molecule has 22 heavy (non-hydrogen) atoms. The Bertz CT molecular complexity index is 847. The van der Waals surface area contributed by atoms with Crippen molar-refractivity contribution in [1.82, 2.24) is 9.55 Å². The van der Waals surface area contributed by atoms with E-state index in [-0.39, 0.29) is 5.82 Å². The molecule has 3 aromatic rings. The molecule has 1 aromatic heterocycles. The van der Waals surface area contributed by atoms with Gasteiger partial charge < -0.3 is 0 Å². The number of hydrogen-bond acceptors (Lipinski definition) is 1. The summed E-state index contributed by atoms with van der Waals surface area (Å²) in [7, 11) is 0. The monoisotopic (exact) mass is 291 g/mol. The van der Waals surface area contributed by atoms with Crippen LogP contribution in [0.4, 0.5) is 10.1 Å². The van der Waals surface area contributed by atoms with Crippen LogP contribution in [0.25, 0.3) is 21.9 Å². The molecule has 3 nitrogen and oxygen atoms in total. The summed E-state index contributed by atoms with van der Waals surface area (Å²) in [5.74, 6) is 0.484. The summed E-state index contributed by atoms with van der Waals surface area (Å²) < 4.78 is 15.1. The number of aromatic nitrogens is 2. The van der Waals surface area contributed by atoms with Crippen molar-refractivity contribution >= 4 is 5.69 Å². The minimum absolute atomic E-state index is 0.268. The summed E-state index contributed by atoms with van der Waals surface area (Å²) >= 11 is 0. The van der Waals surface area contributed by atoms with E-state index < -0.39 is 0 Å². The Kier molecular flexibility index (Phi) is 3.48. The Morgan fingerprint density at radius 2 is 1.73 bits per heavy atom. The highest BCUT2D eigenvalue weighted by Crippen LogP contribution is 2.29. The first-order chi connectivity index (χ1) is 10.6. The average Bonchev–Trinajstić information content (AvgIpc) is 2.96. The summed E-state index contributed by atoms with van der Waals surface area (Å²) in [6.45, 7) is 11.1. The highest BCUT2D eigenvalue weighted by molar-refractivity contribution is 5.64. The van der Waals surface area contributed by atoms with Gasteiger partial charge in [-0.3, -0.25) is 4.57 Å². The average molecular weight is 291 g/mol. The van der Waals surface area contributed by atoms with Gasteiger partial charge in [0, 0.05) is 18.0 Å². The minimum atomic E-state index is -0.268. The molecule has 108 valence electrons. The van der Waals surface area contributed by atoms with Crippen LogP contribution >= 0.6 is 0 Å². The number of aryl methyl sites for hydroxylation is 2. The molecule has 0 bridgehead atoms. The van der Waals surface area contributed by atoms with Gasteiger partial charge in [0.1, 0.15) is 11.6 Å². The number of rotatable bonds is 2. The van der Waals surface area contributed by atoms with Crippen molar-refractivity contribution in [3.05, 3.63) is 77.2 Å². The molecular weight excluding hydrogens is 277 g/mol. The lowest BCUT2D eigenvalue weighted by atomic mass is 10.1. The Labute approximate surface area is 128 Å². The molecule has 0 aliphatic heterocycles. The molecule has 0 spiro atoms. The van der Waals surface area contributed by atoms with Gasteiger partial charge in [0.25, 0.3) is 0 Å². The number of benzene rings is 2. The van der Waals surface area contributed by atoms with E-state index in [1.165, 1.54) is 12.1 Å². The molecule has 0 fully saturated rings. The first-order valence-electron chi connectivity index (χ1n) is 6.88. The largest absolute Gasteiger partial charge is 0.299 e. The normalized spacial score (nSPS) is 10.5. The summed E-state index contributed by atoms with van der Waals surface area (Å²) in [4.78, 5) is 7.89. The molecule has 0 unspecified atom stereocenters. The standard InChI is InChI=1S/C18H14FN3/c1-12-10-16(20-3)11-13(2)17(12)22-9-8-21-18(22)14-4-6-15(19)7-5-14/h4-11H,1-2H3. The molecular formula is C18H14FN3. The zero-order chi connectivity index (χ0) is 15.7. The smallest absolute Gasteiger partial charge is 0.187 e. The van der Waals surface area contributed by atoms with Crippen molar-refractivity contribution in [3.8, 4) is 17.1 Å². The lowest BCUT2D eigenvalue weighted by molar-refractivity contribution is 0.628. The van der Waals surface area contributed by atoms with Crippen LogP contribution in [0.5, 0.6) is 0 Å². The van der Waals surface area contributed by atoms with E-state index in [2.05, 4.69) is 9.83 Å². The van der Waals surface area contributed by atoms with E-state index in [1.807, 2.05) is 36.7 Å². The van der Waals surface area contributed by atoms with Crippen LogP contribution in [0, 0.1) is 26.2 Å². The predicted molar refractivity (Wildman–Crippen MR) is 84.7 cm³/mol. The SMILES string of the molecule is [C-]#[N+]c1cc(C)c(-n2ccnc2-c2ccc(F)cc2)c(C)c1. The quantitative estimate of drug-likeness (QED) is 0.619. The maximum absolute atomic E-state index is 13.1. The van der Waals surface area contributed by atoms with Gasteiger partial charge in [0.05, 0.1) is 12.3 Å². The van der Waals surface area contributed by atoms with E-state index in [9.17, 15) is 4.39 Å². The molecule has 3 rings (SSSR count). The van der Waals surface area contributed by atoms with Crippen molar-refractivity contribution in [2.75, 3.05) is 0 Å². The molecule has 0 N–H and O–H groups in total. The van der Waals surface area contributed by atoms with E-state index in [4.69, 9.17) is 6.57 Å². The molecule has 2 aromatic carbocycles. The number of nitrogens with zero attached hydrogens (tertiary/aromatic N) is 3. The van der Waals surface area contributed by atoms with Crippen LogP contribution in [0.15, 0.2) is 48.8 Å². The Morgan fingerprint density at radius 1 is 1.09 bits per heavy atom. The molecule has 0 atom stereocenters. The van der Waals surface area contributed by atoms with E-state index in [0.717, 1.165) is 28.2 Å². The van der Waals surface area contributed by atoms with Gasteiger partial charge >= 0.3 is 0 Å².